The van der Waals surface area contributed by atoms with E-state index < -0.39 is 0 Å². The molecule has 0 aliphatic heterocycles. The Balaban J connectivity index is 1.61. The number of hydrogen-bond donors (Lipinski definition) is 0. The second-order valence-electron chi connectivity index (χ2n) is 4.94. The molecule has 5 heteroatoms. The Morgan fingerprint density at radius 1 is 1.09 bits per heavy atom. The Labute approximate surface area is 134 Å². The maximum atomic E-state index is 11.4. The first-order chi connectivity index (χ1) is 11.3. The van der Waals surface area contributed by atoms with Crippen molar-refractivity contribution in [3.8, 4) is 11.4 Å². The van der Waals surface area contributed by atoms with E-state index >= 15 is 0 Å². The normalized spacial score (nSPS) is 10.3. The van der Waals surface area contributed by atoms with Gasteiger partial charge in [-0.3, -0.25) is 0 Å². The standard InChI is InChI=1S/C18H16N2O3/c1-22-18(21)15-4-2-14(3-5-15)12-23-17-8-6-16(7-9-17)20-11-10-19-13-20/h2-11,13H,12H2,1H3. The third kappa shape index (κ3) is 3.58. The van der Waals surface area contributed by atoms with Crippen molar-refractivity contribution in [1.82, 2.24) is 9.55 Å². The van der Waals surface area contributed by atoms with Crippen LogP contribution in [0.25, 0.3) is 5.69 Å². The Kier molecular flexibility index (Phi) is 4.38. The van der Waals surface area contributed by atoms with E-state index in [1.165, 1.54) is 7.11 Å². The monoisotopic (exact) mass is 308 g/mol. The van der Waals surface area contributed by atoms with Crippen LogP contribution in [0.1, 0.15) is 15.9 Å². The first-order valence-electron chi connectivity index (χ1n) is 7.15. The summed E-state index contributed by atoms with van der Waals surface area (Å²) in [5.74, 6) is 0.443. The highest BCUT2D eigenvalue weighted by Crippen LogP contribution is 2.17. The predicted molar refractivity (Wildman–Crippen MR) is 85.7 cm³/mol. The molecule has 0 unspecified atom stereocenters. The summed E-state index contributed by atoms with van der Waals surface area (Å²) >= 11 is 0. The van der Waals surface area contributed by atoms with E-state index in [0.29, 0.717) is 12.2 Å². The molecule has 2 aromatic carbocycles. The minimum absolute atomic E-state index is 0.340. The summed E-state index contributed by atoms with van der Waals surface area (Å²) in [4.78, 5) is 15.4. The van der Waals surface area contributed by atoms with Gasteiger partial charge in [-0.15, -0.1) is 0 Å². The maximum Gasteiger partial charge on any atom is 0.337 e. The van der Waals surface area contributed by atoms with Gasteiger partial charge in [0.1, 0.15) is 12.4 Å². The minimum atomic E-state index is -0.340. The number of carbonyl (C=O) groups is 1. The number of carbonyl (C=O) groups excluding carboxylic acids is 1. The van der Waals surface area contributed by atoms with Crippen molar-refractivity contribution in [2.24, 2.45) is 0 Å². The number of benzene rings is 2. The van der Waals surface area contributed by atoms with Crippen LogP contribution in [0.3, 0.4) is 0 Å². The summed E-state index contributed by atoms with van der Waals surface area (Å²) in [6.45, 7) is 0.436. The fourth-order valence-electron chi connectivity index (χ4n) is 2.15. The van der Waals surface area contributed by atoms with Crippen molar-refractivity contribution in [2.75, 3.05) is 7.11 Å². The Morgan fingerprint density at radius 3 is 2.43 bits per heavy atom. The summed E-state index contributed by atoms with van der Waals surface area (Å²) < 4.78 is 12.3. The van der Waals surface area contributed by atoms with Crippen molar-refractivity contribution in [1.29, 1.82) is 0 Å². The van der Waals surface area contributed by atoms with E-state index in [2.05, 4.69) is 9.72 Å². The van der Waals surface area contributed by atoms with E-state index in [4.69, 9.17) is 4.74 Å². The van der Waals surface area contributed by atoms with Crippen molar-refractivity contribution in [2.45, 2.75) is 6.61 Å². The van der Waals surface area contributed by atoms with Crippen LogP contribution < -0.4 is 4.74 Å². The summed E-state index contributed by atoms with van der Waals surface area (Å²) in [5, 5.41) is 0. The number of rotatable bonds is 5. The molecule has 3 aromatic rings. The van der Waals surface area contributed by atoms with Crippen LogP contribution >= 0.6 is 0 Å². The first kappa shape index (κ1) is 14.8. The molecule has 0 saturated carbocycles. The molecule has 3 rings (SSSR count). The lowest BCUT2D eigenvalue weighted by Crippen LogP contribution is -2.02. The van der Waals surface area contributed by atoms with E-state index in [0.717, 1.165) is 17.0 Å². The van der Waals surface area contributed by atoms with Crippen molar-refractivity contribution < 1.29 is 14.3 Å². The molecule has 0 fully saturated rings. The van der Waals surface area contributed by atoms with Gasteiger partial charge in [0.25, 0.3) is 0 Å². The molecule has 5 nitrogen and oxygen atoms in total. The molecular weight excluding hydrogens is 292 g/mol. The predicted octanol–water partition coefficient (Wildman–Crippen LogP) is 3.24. The number of ether oxygens (including phenoxy) is 2. The highest BCUT2D eigenvalue weighted by molar-refractivity contribution is 5.89. The van der Waals surface area contributed by atoms with Crippen LogP contribution in [-0.2, 0) is 11.3 Å². The zero-order valence-electron chi connectivity index (χ0n) is 12.7. The van der Waals surface area contributed by atoms with E-state index in [9.17, 15) is 4.79 Å². The van der Waals surface area contributed by atoms with Gasteiger partial charge in [-0.25, -0.2) is 9.78 Å². The second-order valence-corrected chi connectivity index (χ2v) is 4.94. The molecule has 0 aliphatic carbocycles. The topological polar surface area (TPSA) is 53.4 Å². The fraction of sp³-hybridized carbons (Fsp3) is 0.111. The fourth-order valence-corrected chi connectivity index (χ4v) is 2.15. The zero-order valence-corrected chi connectivity index (χ0v) is 12.7. The molecule has 0 N–H and O–H groups in total. The first-order valence-corrected chi connectivity index (χ1v) is 7.15. The molecule has 0 atom stereocenters. The van der Waals surface area contributed by atoms with Gasteiger partial charge in [-0.1, -0.05) is 12.1 Å². The number of nitrogens with zero attached hydrogens (tertiary/aromatic N) is 2. The van der Waals surface area contributed by atoms with Gasteiger partial charge in [0.05, 0.1) is 19.0 Å². The second kappa shape index (κ2) is 6.79. The highest BCUT2D eigenvalue weighted by atomic mass is 16.5. The number of aromatic nitrogens is 2. The Bertz CT molecular complexity index is 763. The lowest BCUT2D eigenvalue weighted by atomic mass is 10.1. The summed E-state index contributed by atoms with van der Waals surface area (Å²) in [6.07, 6.45) is 5.37. The van der Waals surface area contributed by atoms with Gasteiger partial charge in [-0.05, 0) is 42.0 Å². The SMILES string of the molecule is COC(=O)c1ccc(COc2ccc(-n3ccnc3)cc2)cc1. The summed E-state index contributed by atoms with van der Waals surface area (Å²) in [6, 6.07) is 14.9. The lowest BCUT2D eigenvalue weighted by molar-refractivity contribution is 0.0600. The maximum absolute atomic E-state index is 11.4. The quantitative estimate of drug-likeness (QED) is 0.679. The Hall–Kier alpha value is -3.08. The van der Waals surface area contributed by atoms with Gasteiger partial charge < -0.3 is 14.0 Å². The molecule has 1 heterocycles. The lowest BCUT2D eigenvalue weighted by Gasteiger charge is -2.08. The molecule has 116 valence electrons. The average Bonchev–Trinajstić information content (AvgIpc) is 3.15. The van der Waals surface area contributed by atoms with Crippen molar-refractivity contribution in [3.05, 3.63) is 78.4 Å². The molecule has 0 aliphatic rings. The van der Waals surface area contributed by atoms with Crippen LogP contribution in [0.4, 0.5) is 0 Å². The van der Waals surface area contributed by atoms with Crippen molar-refractivity contribution >= 4 is 5.97 Å². The smallest absolute Gasteiger partial charge is 0.337 e. The highest BCUT2D eigenvalue weighted by Gasteiger charge is 2.04. The van der Waals surface area contributed by atoms with Gasteiger partial charge in [-0.2, -0.15) is 0 Å². The van der Waals surface area contributed by atoms with Crippen molar-refractivity contribution in [3.63, 3.8) is 0 Å². The largest absolute Gasteiger partial charge is 0.489 e. The van der Waals surface area contributed by atoms with Gasteiger partial charge in [0.15, 0.2) is 0 Å². The van der Waals surface area contributed by atoms with E-state index in [-0.39, 0.29) is 5.97 Å². The molecule has 0 spiro atoms. The average molecular weight is 308 g/mol. The Morgan fingerprint density at radius 2 is 1.83 bits per heavy atom. The summed E-state index contributed by atoms with van der Waals surface area (Å²) in [7, 11) is 1.37. The zero-order chi connectivity index (χ0) is 16.1. The molecule has 1 aromatic heterocycles. The van der Waals surface area contributed by atoms with E-state index in [1.54, 1.807) is 24.7 Å². The molecular formula is C18H16N2O3. The molecule has 0 amide bonds. The molecule has 23 heavy (non-hydrogen) atoms. The molecule has 0 radical (unpaired) electrons. The van der Waals surface area contributed by atoms with Crippen LogP contribution in [-0.4, -0.2) is 22.6 Å². The minimum Gasteiger partial charge on any atom is -0.489 e. The van der Waals surface area contributed by atoms with Gasteiger partial charge >= 0.3 is 5.97 Å². The number of imidazole rings is 1. The van der Waals surface area contributed by atoms with Crippen LogP contribution in [0.15, 0.2) is 67.3 Å². The molecule has 0 saturated heterocycles. The van der Waals surface area contributed by atoms with Crippen LogP contribution in [0.2, 0.25) is 0 Å². The third-order valence-electron chi connectivity index (χ3n) is 3.42. The summed E-state index contributed by atoms with van der Waals surface area (Å²) in [5.41, 5.74) is 2.54. The number of esters is 1. The van der Waals surface area contributed by atoms with E-state index in [1.807, 2.05) is 47.2 Å². The van der Waals surface area contributed by atoms with Gasteiger partial charge in [0.2, 0.25) is 0 Å². The number of methoxy groups -OCH3 is 1. The van der Waals surface area contributed by atoms with Crippen LogP contribution in [0, 0.1) is 0 Å². The number of hydrogen-bond acceptors (Lipinski definition) is 4. The van der Waals surface area contributed by atoms with Gasteiger partial charge in [0, 0.05) is 18.1 Å². The third-order valence-corrected chi connectivity index (χ3v) is 3.42. The molecule has 0 bridgehead atoms. The van der Waals surface area contributed by atoms with Crippen LogP contribution in [0.5, 0.6) is 5.75 Å².